The van der Waals surface area contributed by atoms with E-state index in [0.29, 0.717) is 24.4 Å². The Bertz CT molecular complexity index is 1460. The van der Waals surface area contributed by atoms with Crippen LogP contribution in [-0.4, -0.2) is 53.5 Å². The Morgan fingerprint density at radius 2 is 1.90 bits per heavy atom. The van der Waals surface area contributed by atoms with Crippen LogP contribution in [0.25, 0.3) is 0 Å². The quantitative estimate of drug-likeness (QED) is 0.0463. The van der Waals surface area contributed by atoms with Crippen LogP contribution in [0.1, 0.15) is 39.3 Å². The Balaban J connectivity index is 1.67. The fourth-order valence-corrected chi connectivity index (χ4v) is 6.06. The summed E-state index contributed by atoms with van der Waals surface area (Å²) in [5.74, 6) is -1.96. The van der Waals surface area contributed by atoms with Gasteiger partial charge in [-0.2, -0.15) is 10.6 Å². The highest BCUT2D eigenvalue weighted by atomic mass is 35.5. The van der Waals surface area contributed by atoms with Gasteiger partial charge in [-0.05, 0) is 61.7 Å². The maximum absolute atomic E-state index is 13.0. The van der Waals surface area contributed by atoms with Crippen molar-refractivity contribution in [1.29, 1.82) is 0 Å². The molecule has 15 heteroatoms. The number of Topliss-reactive ketones (excluding diaryl/α,β-unsaturated/α-hetero) is 2. The van der Waals surface area contributed by atoms with Gasteiger partial charge in [-0.3, -0.25) is 24.0 Å². The molecule has 12 nitrogen and oxygen atoms in total. The Kier molecular flexibility index (Phi) is 10.2. The lowest BCUT2D eigenvalue weighted by Crippen LogP contribution is -2.39. The van der Waals surface area contributed by atoms with Crippen LogP contribution in [0.2, 0.25) is 5.15 Å². The molecule has 7 N–H and O–H groups in total. The maximum Gasteiger partial charge on any atom is 0.261 e. The predicted octanol–water partition coefficient (Wildman–Crippen LogP) is 2.18. The van der Waals surface area contributed by atoms with Gasteiger partial charge in [-0.1, -0.05) is 23.7 Å². The minimum atomic E-state index is -4.06. The van der Waals surface area contributed by atoms with E-state index in [0.717, 1.165) is 28.2 Å². The molecule has 0 radical (unpaired) electrons. The maximum atomic E-state index is 13.0. The third-order valence-corrected chi connectivity index (χ3v) is 8.69. The molecule has 0 fully saturated rings. The number of nitrogens with two attached hydrogens (primary N) is 2. The first-order valence-electron chi connectivity index (χ1n) is 11.8. The minimum Gasteiger partial charge on any atom is -0.370 e. The van der Waals surface area contributed by atoms with Crippen molar-refractivity contribution in [1.82, 2.24) is 15.3 Å². The topological polar surface area (TPSA) is 195 Å². The van der Waals surface area contributed by atoms with Gasteiger partial charge in [-0.15, -0.1) is 11.3 Å². The van der Waals surface area contributed by atoms with E-state index in [1.807, 2.05) is 12.4 Å². The van der Waals surface area contributed by atoms with Crippen molar-refractivity contribution < 1.29 is 23.2 Å². The summed E-state index contributed by atoms with van der Waals surface area (Å²) in [6.45, 7) is 2.09. The molecule has 0 bridgehead atoms. The number of sulfonamides is 1. The lowest BCUT2D eigenvalue weighted by molar-refractivity contribution is -0.119. The van der Waals surface area contributed by atoms with Crippen LogP contribution >= 0.6 is 22.9 Å². The molecule has 210 valence electrons. The van der Waals surface area contributed by atoms with Crippen molar-refractivity contribution in [2.45, 2.75) is 43.5 Å². The molecule has 0 amide bonds. The monoisotopic (exact) mass is 595 g/mol. The SMILES string of the molecule is Cc1nn(C)c(Cl)c1CCc1ccc(S(=O)(=O)Nc2ccsc2C(=O)C(=O)[C@H](CCCN=C(N)N)NO)cc1. The molecule has 2 heterocycles. The molecule has 1 aromatic carbocycles. The number of ketones is 2. The van der Waals surface area contributed by atoms with E-state index in [2.05, 4.69) is 14.8 Å². The van der Waals surface area contributed by atoms with Gasteiger partial charge in [0.15, 0.2) is 5.96 Å². The van der Waals surface area contributed by atoms with E-state index >= 15 is 0 Å². The largest absolute Gasteiger partial charge is 0.370 e. The number of nitrogens with zero attached hydrogens (tertiary/aromatic N) is 3. The van der Waals surface area contributed by atoms with Gasteiger partial charge in [-0.25, -0.2) is 8.42 Å². The molecule has 0 aliphatic carbocycles. The van der Waals surface area contributed by atoms with Gasteiger partial charge in [0.05, 0.1) is 22.3 Å². The van der Waals surface area contributed by atoms with Crippen molar-refractivity contribution >= 4 is 56.2 Å². The van der Waals surface area contributed by atoms with Crippen molar-refractivity contribution in [3.05, 3.63) is 62.6 Å². The molecule has 0 unspecified atom stereocenters. The number of thiophene rings is 1. The summed E-state index contributed by atoms with van der Waals surface area (Å²) in [6, 6.07) is 6.55. The normalized spacial score (nSPS) is 12.2. The van der Waals surface area contributed by atoms with Crippen molar-refractivity contribution in [3.63, 3.8) is 0 Å². The fraction of sp³-hybridized carbons (Fsp3) is 0.333. The molecule has 0 spiro atoms. The summed E-state index contributed by atoms with van der Waals surface area (Å²) in [5, 5.41) is 15.7. The summed E-state index contributed by atoms with van der Waals surface area (Å²) in [7, 11) is -2.28. The number of carbonyl (C=O) groups excluding carboxylic acids is 2. The Morgan fingerprint density at radius 3 is 2.49 bits per heavy atom. The second-order valence-corrected chi connectivity index (χ2v) is 11.7. The zero-order chi connectivity index (χ0) is 28.7. The van der Waals surface area contributed by atoms with E-state index in [1.165, 1.54) is 23.6 Å². The first-order valence-corrected chi connectivity index (χ1v) is 14.6. The van der Waals surface area contributed by atoms with Gasteiger partial charge < -0.3 is 16.7 Å². The van der Waals surface area contributed by atoms with E-state index in [4.69, 9.17) is 23.1 Å². The number of carbonyl (C=O) groups is 2. The van der Waals surface area contributed by atoms with Gasteiger partial charge in [0.1, 0.15) is 10.0 Å². The number of halogens is 1. The van der Waals surface area contributed by atoms with Crippen LogP contribution in [0.4, 0.5) is 5.69 Å². The lowest BCUT2D eigenvalue weighted by atomic mass is 10.0. The number of aryl methyl sites for hydroxylation is 3. The second-order valence-electron chi connectivity index (χ2n) is 8.72. The smallest absolute Gasteiger partial charge is 0.261 e. The third-order valence-electron chi connectivity index (χ3n) is 5.92. The van der Waals surface area contributed by atoms with Crippen molar-refractivity contribution in [2.75, 3.05) is 11.3 Å². The number of aromatic nitrogens is 2. The molecule has 3 aromatic rings. The van der Waals surface area contributed by atoms with E-state index in [1.54, 1.807) is 23.9 Å². The highest BCUT2D eigenvalue weighted by Crippen LogP contribution is 2.27. The van der Waals surface area contributed by atoms with Gasteiger partial charge >= 0.3 is 0 Å². The number of nitrogens with one attached hydrogen (secondary N) is 2. The Hall–Kier alpha value is -3.30. The van der Waals surface area contributed by atoms with Crippen LogP contribution in [-0.2, 0) is 34.7 Å². The number of guanidine groups is 1. The molecule has 2 aromatic heterocycles. The van der Waals surface area contributed by atoms with Crippen LogP contribution in [0.5, 0.6) is 0 Å². The Morgan fingerprint density at radius 1 is 1.21 bits per heavy atom. The zero-order valence-corrected chi connectivity index (χ0v) is 23.7. The molecule has 3 rings (SSSR count). The molecule has 39 heavy (non-hydrogen) atoms. The number of aliphatic imine (C=N–C) groups is 1. The second kappa shape index (κ2) is 13.2. The third kappa shape index (κ3) is 7.64. The van der Waals surface area contributed by atoms with Gasteiger partial charge in [0, 0.05) is 19.2 Å². The zero-order valence-electron chi connectivity index (χ0n) is 21.3. The van der Waals surface area contributed by atoms with Crippen LogP contribution in [0.3, 0.4) is 0 Å². The molecular formula is C24H30ClN7O5S2. The molecule has 1 atom stereocenters. The lowest BCUT2D eigenvalue weighted by Gasteiger charge is -2.13. The number of rotatable bonds is 14. The van der Waals surface area contributed by atoms with E-state index < -0.39 is 27.6 Å². The predicted molar refractivity (Wildman–Crippen MR) is 150 cm³/mol. The summed E-state index contributed by atoms with van der Waals surface area (Å²) in [6.07, 6.45) is 1.69. The molecule has 0 saturated heterocycles. The number of benzene rings is 1. The average Bonchev–Trinajstić information content (AvgIpc) is 3.44. The van der Waals surface area contributed by atoms with Crippen LogP contribution in [0.15, 0.2) is 45.6 Å². The molecule has 0 saturated carbocycles. The summed E-state index contributed by atoms with van der Waals surface area (Å²) < 4.78 is 30.1. The molecular weight excluding hydrogens is 566 g/mol. The summed E-state index contributed by atoms with van der Waals surface area (Å²) in [5.41, 5.74) is 15.0. The van der Waals surface area contributed by atoms with Crippen LogP contribution in [0, 0.1) is 6.92 Å². The average molecular weight is 596 g/mol. The highest BCUT2D eigenvalue weighted by Gasteiger charge is 2.29. The summed E-state index contributed by atoms with van der Waals surface area (Å²) >= 11 is 7.21. The van der Waals surface area contributed by atoms with Crippen LogP contribution < -0.4 is 21.7 Å². The summed E-state index contributed by atoms with van der Waals surface area (Å²) in [4.78, 5) is 29.2. The van der Waals surface area contributed by atoms with Gasteiger partial charge in [0.25, 0.3) is 10.0 Å². The van der Waals surface area contributed by atoms with Crippen molar-refractivity contribution in [3.8, 4) is 0 Å². The number of hydrogen-bond donors (Lipinski definition) is 5. The number of hydroxylamine groups is 1. The number of anilines is 1. The van der Waals surface area contributed by atoms with Gasteiger partial charge in [0.2, 0.25) is 11.6 Å². The Labute approximate surface area is 235 Å². The van der Waals surface area contributed by atoms with E-state index in [-0.39, 0.29) is 34.4 Å². The first-order chi connectivity index (χ1) is 18.4. The first kappa shape index (κ1) is 30.2. The van der Waals surface area contributed by atoms with Crippen molar-refractivity contribution in [2.24, 2.45) is 23.5 Å². The highest BCUT2D eigenvalue weighted by molar-refractivity contribution is 7.92. The standard InChI is InChI=1S/C24H30ClN7O5S2/c1-14-17(23(25)32(2)29-14)10-7-15-5-8-16(9-6-15)39(36,37)31-19-11-13-38-22(19)21(34)20(33)18(30-35)4-3-12-28-24(26)27/h5-6,8-9,11,13,18,30-31,35H,3-4,7,10,12H2,1-2H3,(H4,26,27,28)/t18-/m0/s1. The molecule has 0 aliphatic rings. The fourth-order valence-electron chi connectivity index (χ4n) is 3.86. The number of hydrogen-bond acceptors (Lipinski definition) is 9. The molecule has 0 aliphatic heterocycles. The van der Waals surface area contributed by atoms with E-state index in [9.17, 15) is 23.2 Å². The minimum absolute atomic E-state index is 0.00704.